The number of carbonyl (C=O) groups is 6. The fourth-order valence-corrected chi connectivity index (χ4v) is 17.3. The minimum Gasteiger partial charge on any atom is -0.478 e. The maximum atomic E-state index is 12.2. The van der Waals surface area contributed by atoms with Crippen molar-refractivity contribution in [1.29, 1.82) is 0 Å². The van der Waals surface area contributed by atoms with Gasteiger partial charge in [-0.15, -0.1) is 90.7 Å². The zero-order valence-corrected chi connectivity index (χ0v) is 52.5. The molecule has 0 spiro atoms. The van der Waals surface area contributed by atoms with E-state index in [0.29, 0.717) is 44.5 Å². The number of rotatable bonds is 14. The Morgan fingerprint density at radius 1 is 0.250 bits per heavy atom. The zero-order valence-electron chi connectivity index (χ0n) is 45.9. The summed E-state index contributed by atoms with van der Waals surface area (Å²) in [5, 5.41) is 59.0. The molecule has 0 saturated carbocycles. The summed E-state index contributed by atoms with van der Waals surface area (Å²) >= 11 is 12.1. The number of hydrogen-bond donors (Lipinski definition) is 6. The van der Waals surface area contributed by atoms with Crippen LogP contribution in [0.1, 0.15) is 103 Å². The molecule has 3 aromatic carbocycles. The predicted octanol–water partition coefficient (Wildman–Crippen LogP) is 19.5. The number of aromatic carboxylic acids is 6. The summed E-state index contributed by atoms with van der Waals surface area (Å²) in [6.45, 7) is 15.2. The highest BCUT2D eigenvalue weighted by Crippen LogP contribution is 2.46. The molecule has 0 aliphatic carbocycles. The largest absolute Gasteiger partial charge is 0.478 e. The lowest BCUT2D eigenvalue weighted by atomic mass is 9.86. The standard InChI is InChI=1S/C26H18O4S4.C20H18O4S2.C18H14O4S2/c1-13-3-5-21(31-13)23-9-7-19(33-23)15-11-18(26(29)30)16(12-17(15)25(27)28)20-8-10-24(34-20)22-6-4-14(2)32-22;1-9-5-7-13(25-9)15-11(3)18(20(23)24)16(12(4)17(15)19(21)22)14-8-6-10(2)26-14;1-9-3-5-15(23-9)11-7-14(18(21)22)12(8-13(11)17(19)20)16-6-4-10(2)24-16/h3-12H,1-2H3,(H,27,28)(H,29,30);5-8H,1-4H3,(H,21,22)(H,23,24);3-8H,1-2H3,(H,19,20)(H,21,22). The molecule has 0 unspecified atom stereocenters. The predicted molar refractivity (Wildman–Crippen MR) is 345 cm³/mol. The molecule has 0 aliphatic heterocycles. The van der Waals surface area contributed by atoms with Gasteiger partial charge in [0.05, 0.1) is 33.4 Å². The van der Waals surface area contributed by atoms with Gasteiger partial charge in [-0.25, -0.2) is 28.8 Å². The molecular formula is C64H50O12S8. The first-order valence-electron chi connectivity index (χ1n) is 25.4. The van der Waals surface area contributed by atoms with E-state index in [9.17, 15) is 59.4 Å². The van der Waals surface area contributed by atoms with Crippen molar-refractivity contribution in [2.45, 2.75) is 55.4 Å². The summed E-state index contributed by atoms with van der Waals surface area (Å²) in [5.74, 6) is -6.39. The van der Waals surface area contributed by atoms with Crippen LogP contribution in [0, 0.1) is 55.4 Å². The minimum absolute atomic E-state index is 0.0951. The maximum absolute atomic E-state index is 12.2. The Hall–Kier alpha value is -7.92. The number of hydrogen-bond acceptors (Lipinski definition) is 14. The molecule has 0 radical (unpaired) electrons. The monoisotopic (exact) mass is 1270 g/mol. The second kappa shape index (κ2) is 25.1. The van der Waals surface area contributed by atoms with Crippen LogP contribution in [0.2, 0.25) is 0 Å². The molecule has 6 N–H and O–H groups in total. The molecule has 426 valence electrons. The molecule has 0 saturated heterocycles. The average molecular weight is 1270 g/mol. The maximum Gasteiger partial charge on any atom is 0.336 e. The van der Waals surface area contributed by atoms with Crippen molar-refractivity contribution in [2.75, 3.05) is 0 Å². The molecule has 0 atom stereocenters. The Bertz CT molecular complexity index is 4130. The van der Waals surface area contributed by atoms with E-state index >= 15 is 0 Å². The van der Waals surface area contributed by atoms with Gasteiger partial charge >= 0.3 is 35.8 Å². The van der Waals surface area contributed by atoms with E-state index in [1.807, 2.05) is 139 Å². The van der Waals surface area contributed by atoms with Gasteiger partial charge in [-0.1, -0.05) is 0 Å². The van der Waals surface area contributed by atoms with E-state index < -0.39 is 35.8 Å². The summed E-state index contributed by atoms with van der Waals surface area (Å²) in [6, 6.07) is 36.8. The van der Waals surface area contributed by atoms with Gasteiger partial charge in [-0.05, 0) is 188 Å². The minimum atomic E-state index is -1.08. The summed E-state index contributed by atoms with van der Waals surface area (Å²) in [5.41, 5.74) is 4.47. The highest BCUT2D eigenvalue weighted by Gasteiger charge is 2.30. The van der Waals surface area contributed by atoms with Crippen molar-refractivity contribution in [1.82, 2.24) is 0 Å². The van der Waals surface area contributed by atoms with Crippen LogP contribution < -0.4 is 0 Å². The molecule has 84 heavy (non-hydrogen) atoms. The molecule has 8 aromatic heterocycles. The smallest absolute Gasteiger partial charge is 0.336 e. The SMILES string of the molecule is Cc1ccc(-c2c(C)c(C(=O)O)c(-c3ccc(C)s3)c(C)c2C(=O)O)s1.Cc1ccc(-c2cc(C(=O)O)c(-c3ccc(C)s3)cc2C(=O)O)s1.Cc1ccc(-c2ccc(-c3cc(C(=O)O)c(-c4ccc(-c5ccc(C)s5)s4)cc3C(=O)O)s2)s1. The van der Waals surface area contributed by atoms with Crippen LogP contribution in [0.3, 0.4) is 0 Å². The van der Waals surface area contributed by atoms with E-state index in [1.165, 1.54) is 102 Å². The van der Waals surface area contributed by atoms with Crippen molar-refractivity contribution < 1.29 is 59.4 Å². The number of benzene rings is 3. The number of aryl methyl sites for hydroxylation is 6. The van der Waals surface area contributed by atoms with Gasteiger partial charge in [0.1, 0.15) is 0 Å². The van der Waals surface area contributed by atoms with Crippen LogP contribution >= 0.6 is 90.7 Å². The highest BCUT2D eigenvalue weighted by atomic mass is 32.1. The van der Waals surface area contributed by atoms with Crippen molar-refractivity contribution in [3.63, 3.8) is 0 Å². The molecule has 0 bridgehead atoms. The third kappa shape index (κ3) is 12.8. The fourth-order valence-electron chi connectivity index (χ4n) is 9.53. The average Bonchev–Trinajstić information content (AvgIpc) is 3.92. The van der Waals surface area contributed by atoms with Crippen molar-refractivity contribution in [3.05, 3.63) is 195 Å². The molecular weight excluding hydrogens is 1220 g/mol. The molecule has 12 nitrogen and oxygen atoms in total. The van der Waals surface area contributed by atoms with E-state index in [-0.39, 0.29) is 33.4 Å². The van der Waals surface area contributed by atoms with E-state index in [1.54, 1.807) is 36.5 Å². The third-order valence-electron chi connectivity index (χ3n) is 13.4. The zero-order chi connectivity index (χ0) is 60.6. The van der Waals surface area contributed by atoms with Crippen LogP contribution in [0.15, 0.2) is 121 Å². The van der Waals surface area contributed by atoms with Gasteiger partial charge in [0, 0.05) is 111 Å². The van der Waals surface area contributed by atoms with Gasteiger partial charge in [0.2, 0.25) is 0 Å². The normalized spacial score (nSPS) is 11.0. The lowest BCUT2D eigenvalue weighted by Gasteiger charge is -2.19. The lowest BCUT2D eigenvalue weighted by molar-refractivity contribution is 0.0681. The van der Waals surface area contributed by atoms with Crippen LogP contribution in [0.4, 0.5) is 0 Å². The Balaban J connectivity index is 0.000000154. The molecule has 0 aliphatic rings. The van der Waals surface area contributed by atoms with Gasteiger partial charge in [-0.2, -0.15) is 0 Å². The Morgan fingerprint density at radius 3 is 0.655 bits per heavy atom. The van der Waals surface area contributed by atoms with E-state index in [0.717, 1.165) is 68.3 Å². The van der Waals surface area contributed by atoms with Gasteiger partial charge in [-0.3, -0.25) is 0 Å². The summed E-state index contributed by atoms with van der Waals surface area (Å²) in [4.78, 5) is 87.5. The Morgan fingerprint density at radius 2 is 0.440 bits per heavy atom. The van der Waals surface area contributed by atoms with E-state index in [4.69, 9.17) is 0 Å². The topological polar surface area (TPSA) is 224 Å². The van der Waals surface area contributed by atoms with Crippen molar-refractivity contribution in [3.8, 4) is 82.2 Å². The summed E-state index contributed by atoms with van der Waals surface area (Å²) in [6.07, 6.45) is 0. The molecule has 0 amide bonds. The van der Waals surface area contributed by atoms with Gasteiger partial charge in [0.25, 0.3) is 0 Å². The first-order chi connectivity index (χ1) is 39.9. The second-order valence-electron chi connectivity index (χ2n) is 19.3. The van der Waals surface area contributed by atoms with Crippen LogP contribution in [0.25, 0.3) is 82.2 Å². The van der Waals surface area contributed by atoms with Crippen molar-refractivity contribution >= 4 is 127 Å². The van der Waals surface area contributed by atoms with Crippen LogP contribution in [0.5, 0.6) is 0 Å². The lowest BCUT2D eigenvalue weighted by Crippen LogP contribution is -2.12. The van der Waals surface area contributed by atoms with Crippen LogP contribution in [-0.4, -0.2) is 66.5 Å². The van der Waals surface area contributed by atoms with Gasteiger partial charge in [0.15, 0.2) is 0 Å². The first kappa shape index (κ1) is 60.7. The first-order valence-corrected chi connectivity index (χ1v) is 32.0. The third-order valence-corrected chi connectivity index (χ3v) is 22.1. The summed E-state index contributed by atoms with van der Waals surface area (Å²) in [7, 11) is 0. The Kier molecular flexibility index (Phi) is 18.1. The molecule has 11 aromatic rings. The molecule has 0 fully saturated rings. The van der Waals surface area contributed by atoms with Gasteiger partial charge < -0.3 is 30.6 Å². The number of carboxylic acid groups (broad SMARTS) is 6. The molecule has 20 heteroatoms. The molecule has 8 heterocycles. The fraction of sp³-hybridized carbons (Fsp3) is 0.125. The van der Waals surface area contributed by atoms with Crippen LogP contribution in [-0.2, 0) is 0 Å². The number of thiophene rings is 8. The highest BCUT2D eigenvalue weighted by molar-refractivity contribution is 7.24. The van der Waals surface area contributed by atoms with E-state index in [2.05, 4.69) is 0 Å². The molecule has 11 rings (SSSR count). The quantitative estimate of drug-likeness (QED) is 0.0598. The van der Waals surface area contributed by atoms with Crippen molar-refractivity contribution in [2.24, 2.45) is 0 Å². The Labute approximate surface area is 514 Å². The number of carboxylic acids is 6. The summed E-state index contributed by atoms with van der Waals surface area (Å²) < 4.78 is 0. The second-order valence-corrected chi connectivity index (χ2v) is 29.2.